The first-order valence-electron chi connectivity index (χ1n) is 7.04. The molecule has 0 saturated carbocycles. The van der Waals surface area contributed by atoms with Crippen molar-refractivity contribution in [3.63, 3.8) is 0 Å². The molecular weight excluding hydrogens is 309 g/mol. The van der Waals surface area contributed by atoms with E-state index in [1.54, 1.807) is 12.4 Å². The number of amides is 1. The summed E-state index contributed by atoms with van der Waals surface area (Å²) in [5.41, 5.74) is 1.38. The number of hydrogen-bond acceptors (Lipinski definition) is 3. The molecule has 120 valence electrons. The van der Waals surface area contributed by atoms with E-state index in [9.17, 15) is 4.79 Å². The summed E-state index contributed by atoms with van der Waals surface area (Å²) in [4.78, 5) is 15.8. The van der Waals surface area contributed by atoms with Gasteiger partial charge < -0.3 is 10.6 Å². The van der Waals surface area contributed by atoms with E-state index in [1.165, 1.54) is 12.8 Å². The third kappa shape index (κ3) is 7.11. The highest BCUT2D eigenvalue weighted by molar-refractivity contribution is 5.85. The van der Waals surface area contributed by atoms with E-state index in [1.807, 2.05) is 12.1 Å². The number of carbonyl (C=O) groups is 1. The van der Waals surface area contributed by atoms with Crippen LogP contribution in [0.4, 0.5) is 0 Å². The van der Waals surface area contributed by atoms with Gasteiger partial charge in [0.15, 0.2) is 0 Å². The highest BCUT2D eigenvalue weighted by Gasteiger charge is 2.26. The van der Waals surface area contributed by atoms with Crippen LogP contribution in [0.5, 0.6) is 0 Å². The quantitative estimate of drug-likeness (QED) is 0.869. The summed E-state index contributed by atoms with van der Waals surface area (Å²) >= 11 is 0. The molecule has 2 N–H and O–H groups in total. The van der Waals surface area contributed by atoms with Crippen molar-refractivity contribution in [2.24, 2.45) is 5.41 Å². The lowest BCUT2D eigenvalue weighted by Crippen LogP contribution is -2.45. The van der Waals surface area contributed by atoms with Crippen LogP contribution >= 0.6 is 24.8 Å². The van der Waals surface area contributed by atoms with Gasteiger partial charge in [0.2, 0.25) is 5.91 Å². The number of halogens is 2. The van der Waals surface area contributed by atoms with E-state index in [4.69, 9.17) is 0 Å². The molecular formula is C15H25Cl2N3O. The van der Waals surface area contributed by atoms with Gasteiger partial charge in [0.1, 0.15) is 0 Å². The van der Waals surface area contributed by atoms with Gasteiger partial charge >= 0.3 is 0 Å². The standard InChI is InChI=1S/C15H23N3O.2ClH/c1-15(7-2-8-17-11-15)12-18-14(19)4-3-13-5-9-16-10-6-13;;/h5-6,9-10,17H,2-4,7-8,11-12H2,1H3,(H,18,19);2*1H. The van der Waals surface area contributed by atoms with Crippen molar-refractivity contribution in [3.05, 3.63) is 30.1 Å². The van der Waals surface area contributed by atoms with Gasteiger partial charge in [-0.05, 0) is 48.9 Å². The van der Waals surface area contributed by atoms with Gasteiger partial charge in [-0.25, -0.2) is 0 Å². The molecule has 0 spiro atoms. The SMILES string of the molecule is CC1(CNC(=O)CCc2ccncc2)CCCNC1.Cl.Cl. The molecule has 1 saturated heterocycles. The zero-order chi connectivity index (χ0) is 13.6. The summed E-state index contributed by atoms with van der Waals surface area (Å²) < 4.78 is 0. The van der Waals surface area contributed by atoms with E-state index in [0.717, 1.165) is 31.6 Å². The van der Waals surface area contributed by atoms with E-state index < -0.39 is 0 Å². The Morgan fingerprint density at radius 1 is 1.38 bits per heavy atom. The Morgan fingerprint density at radius 2 is 2.10 bits per heavy atom. The van der Waals surface area contributed by atoms with Crippen LogP contribution < -0.4 is 10.6 Å². The Balaban J connectivity index is 0.00000200. The van der Waals surface area contributed by atoms with Crippen molar-refractivity contribution in [2.75, 3.05) is 19.6 Å². The minimum Gasteiger partial charge on any atom is -0.355 e. The van der Waals surface area contributed by atoms with Crippen LogP contribution in [0.25, 0.3) is 0 Å². The van der Waals surface area contributed by atoms with Crippen molar-refractivity contribution in [1.82, 2.24) is 15.6 Å². The maximum absolute atomic E-state index is 11.9. The molecule has 21 heavy (non-hydrogen) atoms. The van der Waals surface area contributed by atoms with Crippen molar-refractivity contribution in [2.45, 2.75) is 32.6 Å². The molecule has 0 aromatic carbocycles. The average Bonchev–Trinajstić information content (AvgIpc) is 2.45. The summed E-state index contributed by atoms with van der Waals surface area (Å²) in [6, 6.07) is 3.92. The monoisotopic (exact) mass is 333 g/mol. The summed E-state index contributed by atoms with van der Waals surface area (Å²) in [6.07, 6.45) is 7.24. The van der Waals surface area contributed by atoms with E-state index >= 15 is 0 Å². The Bertz CT molecular complexity index is 409. The minimum atomic E-state index is 0. The fourth-order valence-electron chi connectivity index (χ4n) is 2.48. The largest absolute Gasteiger partial charge is 0.355 e. The number of aryl methyl sites for hydroxylation is 1. The summed E-state index contributed by atoms with van der Waals surface area (Å²) in [5, 5.41) is 6.47. The summed E-state index contributed by atoms with van der Waals surface area (Å²) in [7, 11) is 0. The Morgan fingerprint density at radius 3 is 2.71 bits per heavy atom. The van der Waals surface area contributed by atoms with E-state index in [-0.39, 0.29) is 36.1 Å². The zero-order valence-corrected chi connectivity index (χ0v) is 14.1. The van der Waals surface area contributed by atoms with Crippen molar-refractivity contribution >= 4 is 30.7 Å². The summed E-state index contributed by atoms with van der Waals surface area (Å²) in [6.45, 7) is 5.11. The predicted molar refractivity (Wildman–Crippen MR) is 90.3 cm³/mol. The van der Waals surface area contributed by atoms with Gasteiger partial charge in [0.05, 0.1) is 0 Å². The third-order valence-electron chi connectivity index (χ3n) is 3.79. The molecule has 0 radical (unpaired) electrons. The molecule has 1 aromatic heterocycles. The molecule has 6 heteroatoms. The number of aromatic nitrogens is 1. The molecule has 1 atom stereocenters. The van der Waals surface area contributed by atoms with Crippen LogP contribution in [0.3, 0.4) is 0 Å². The van der Waals surface area contributed by atoms with E-state index in [2.05, 4.69) is 22.5 Å². The maximum Gasteiger partial charge on any atom is 0.220 e. The topological polar surface area (TPSA) is 54.0 Å². The second kappa shape index (κ2) is 9.98. The van der Waals surface area contributed by atoms with E-state index in [0.29, 0.717) is 6.42 Å². The van der Waals surface area contributed by atoms with Crippen LogP contribution in [-0.2, 0) is 11.2 Å². The van der Waals surface area contributed by atoms with Gasteiger partial charge in [-0.3, -0.25) is 9.78 Å². The molecule has 1 aromatic rings. The number of nitrogens with zero attached hydrogens (tertiary/aromatic N) is 1. The Labute approximate surface area is 139 Å². The molecule has 4 nitrogen and oxygen atoms in total. The number of piperidine rings is 1. The second-order valence-electron chi connectivity index (χ2n) is 5.72. The Hall–Kier alpha value is -0.840. The van der Waals surface area contributed by atoms with Crippen molar-refractivity contribution < 1.29 is 4.79 Å². The highest BCUT2D eigenvalue weighted by atomic mass is 35.5. The number of rotatable bonds is 5. The van der Waals surface area contributed by atoms with Crippen LogP contribution in [0.2, 0.25) is 0 Å². The molecule has 1 aliphatic rings. The first-order chi connectivity index (χ1) is 9.18. The number of hydrogen-bond donors (Lipinski definition) is 2. The maximum atomic E-state index is 11.9. The zero-order valence-electron chi connectivity index (χ0n) is 12.4. The highest BCUT2D eigenvalue weighted by Crippen LogP contribution is 2.24. The number of carbonyl (C=O) groups excluding carboxylic acids is 1. The van der Waals surface area contributed by atoms with Crippen LogP contribution in [-0.4, -0.2) is 30.5 Å². The lowest BCUT2D eigenvalue weighted by molar-refractivity contribution is -0.121. The third-order valence-corrected chi connectivity index (χ3v) is 3.79. The number of pyridine rings is 1. The molecule has 2 heterocycles. The predicted octanol–water partition coefficient (Wildman–Crippen LogP) is 2.36. The van der Waals surface area contributed by atoms with Gasteiger partial charge in [0.25, 0.3) is 0 Å². The fraction of sp³-hybridized carbons (Fsp3) is 0.600. The summed E-state index contributed by atoms with van der Waals surface area (Å²) in [5.74, 6) is 0.142. The van der Waals surface area contributed by atoms with Crippen LogP contribution in [0.1, 0.15) is 31.7 Å². The first kappa shape index (κ1) is 20.2. The normalized spacial score (nSPS) is 20.8. The smallest absolute Gasteiger partial charge is 0.220 e. The van der Waals surface area contributed by atoms with Crippen molar-refractivity contribution in [3.8, 4) is 0 Å². The lowest BCUT2D eigenvalue weighted by Gasteiger charge is -2.34. The van der Waals surface area contributed by atoms with Gasteiger partial charge in [-0.1, -0.05) is 6.92 Å². The lowest BCUT2D eigenvalue weighted by atomic mass is 9.83. The minimum absolute atomic E-state index is 0. The molecule has 1 aliphatic heterocycles. The Kier molecular flexibility index (Phi) is 9.58. The van der Waals surface area contributed by atoms with Gasteiger partial charge in [-0.15, -0.1) is 24.8 Å². The molecule has 1 fully saturated rings. The molecule has 1 unspecified atom stereocenters. The molecule has 1 amide bonds. The van der Waals surface area contributed by atoms with Crippen LogP contribution in [0.15, 0.2) is 24.5 Å². The van der Waals surface area contributed by atoms with Crippen molar-refractivity contribution in [1.29, 1.82) is 0 Å². The fourth-order valence-corrected chi connectivity index (χ4v) is 2.48. The van der Waals surface area contributed by atoms with Gasteiger partial charge in [-0.2, -0.15) is 0 Å². The first-order valence-corrected chi connectivity index (χ1v) is 7.04. The van der Waals surface area contributed by atoms with Crippen LogP contribution in [0, 0.1) is 5.41 Å². The molecule has 0 aliphatic carbocycles. The molecule has 0 bridgehead atoms. The van der Waals surface area contributed by atoms with Gasteiger partial charge in [0, 0.05) is 31.9 Å². The molecule has 2 rings (SSSR count). The second-order valence-corrected chi connectivity index (χ2v) is 5.72. The average molecular weight is 334 g/mol. The number of nitrogens with one attached hydrogen (secondary N) is 2.